The highest BCUT2D eigenvalue weighted by Crippen LogP contribution is 2.43. The summed E-state index contributed by atoms with van der Waals surface area (Å²) < 4.78 is 0. The van der Waals surface area contributed by atoms with Crippen LogP contribution in [-0.2, 0) is 6.42 Å². The molecule has 3 rings (SSSR count). The zero-order valence-electron chi connectivity index (χ0n) is 20.3. The Morgan fingerprint density at radius 3 is 2.71 bits per heavy atom. The molecule has 0 bridgehead atoms. The van der Waals surface area contributed by atoms with Crippen molar-refractivity contribution in [2.75, 3.05) is 26.2 Å². The fraction of sp³-hybridized carbons (Fsp3) is 0.643. The van der Waals surface area contributed by atoms with E-state index in [1.165, 1.54) is 37.1 Å². The van der Waals surface area contributed by atoms with E-state index in [2.05, 4.69) is 87.3 Å². The average molecular weight is 443 g/mol. The number of halogens is 1. The summed E-state index contributed by atoms with van der Waals surface area (Å²) in [5.74, 6) is 2.02. The average Bonchev–Trinajstić information content (AvgIpc) is 2.70. The molecule has 1 aliphatic carbocycles. The lowest BCUT2D eigenvalue weighted by molar-refractivity contribution is 0.0252. The molecule has 1 aromatic carbocycles. The molecular formula is C28H43ClN2. The first-order valence-electron chi connectivity index (χ1n) is 12.3. The molecule has 1 aromatic rings. The number of benzene rings is 1. The van der Waals surface area contributed by atoms with Crippen LogP contribution in [0.2, 0.25) is 0 Å². The van der Waals surface area contributed by atoms with E-state index in [4.69, 9.17) is 11.6 Å². The maximum absolute atomic E-state index is 6.15. The molecule has 31 heavy (non-hydrogen) atoms. The second-order valence-electron chi connectivity index (χ2n) is 10.9. The van der Waals surface area contributed by atoms with Crippen molar-refractivity contribution < 1.29 is 0 Å². The van der Waals surface area contributed by atoms with Crippen molar-refractivity contribution >= 4 is 11.6 Å². The minimum Gasteiger partial charge on any atom is -0.312 e. The summed E-state index contributed by atoms with van der Waals surface area (Å²) in [6.07, 6.45) is 11.4. The number of allylic oxidation sites excluding steroid dienone is 4. The number of hydrogen-bond donors (Lipinski definition) is 1. The summed E-state index contributed by atoms with van der Waals surface area (Å²) in [5.41, 5.74) is 3.15. The molecule has 172 valence electrons. The van der Waals surface area contributed by atoms with E-state index in [-0.39, 0.29) is 0 Å². The van der Waals surface area contributed by atoms with Crippen LogP contribution in [0.1, 0.15) is 58.1 Å². The van der Waals surface area contributed by atoms with Crippen LogP contribution in [0.15, 0.2) is 47.5 Å². The van der Waals surface area contributed by atoms with E-state index in [1.807, 2.05) is 0 Å². The van der Waals surface area contributed by atoms with E-state index < -0.39 is 0 Å². The third kappa shape index (κ3) is 7.20. The van der Waals surface area contributed by atoms with Crippen molar-refractivity contribution in [1.29, 1.82) is 0 Å². The number of likely N-dealkylation sites (tertiary alicyclic amines) is 1. The highest BCUT2D eigenvalue weighted by atomic mass is 35.5. The zero-order chi connectivity index (χ0) is 22.4. The summed E-state index contributed by atoms with van der Waals surface area (Å²) in [6, 6.07) is 9.48. The van der Waals surface area contributed by atoms with Gasteiger partial charge in [0.25, 0.3) is 0 Å². The van der Waals surface area contributed by atoms with Gasteiger partial charge in [-0.1, -0.05) is 81.3 Å². The predicted octanol–water partition coefficient (Wildman–Crippen LogP) is 6.59. The Morgan fingerprint density at radius 2 is 2.06 bits per heavy atom. The van der Waals surface area contributed by atoms with Crippen molar-refractivity contribution in [2.24, 2.45) is 23.2 Å². The van der Waals surface area contributed by atoms with Gasteiger partial charge in [-0.15, -0.1) is 0 Å². The van der Waals surface area contributed by atoms with Gasteiger partial charge in [-0.25, -0.2) is 0 Å². The molecule has 0 saturated carbocycles. The molecule has 0 radical (unpaired) electrons. The number of nitrogens with one attached hydrogen (secondary N) is 1. The molecule has 1 fully saturated rings. The largest absolute Gasteiger partial charge is 0.312 e. The number of hydrogen-bond acceptors (Lipinski definition) is 2. The maximum atomic E-state index is 6.15. The first-order chi connectivity index (χ1) is 14.7. The zero-order valence-corrected chi connectivity index (χ0v) is 21.1. The standard InChI is InChI=1S/C28H43ClN2/c1-21(2)27(30-16-7-10-23-9-6-8-22(3)18-23)19-31-17-15-26(28(4,5)20-31)24-11-13-25(29)14-12-24/h6,8-9,11,13-14,18,21,24,26-27,30H,7,10,12,15-17,19-20H2,1-5H3/t24?,26-,27+/m1/s1. The lowest BCUT2D eigenvalue weighted by atomic mass is 9.66. The molecule has 3 heteroatoms. The lowest BCUT2D eigenvalue weighted by Gasteiger charge is -2.48. The molecular weight excluding hydrogens is 400 g/mol. The van der Waals surface area contributed by atoms with Gasteiger partial charge in [-0.2, -0.15) is 0 Å². The number of piperidine rings is 1. The Hall–Kier alpha value is -1.09. The third-order valence-electron chi connectivity index (χ3n) is 7.39. The lowest BCUT2D eigenvalue weighted by Crippen LogP contribution is -2.52. The van der Waals surface area contributed by atoms with Gasteiger partial charge in [0.15, 0.2) is 0 Å². The molecule has 1 unspecified atom stereocenters. The van der Waals surface area contributed by atoms with E-state index in [0.29, 0.717) is 23.3 Å². The van der Waals surface area contributed by atoms with Crippen molar-refractivity contribution in [3.8, 4) is 0 Å². The van der Waals surface area contributed by atoms with Crippen LogP contribution in [0.3, 0.4) is 0 Å². The summed E-state index contributed by atoms with van der Waals surface area (Å²) >= 11 is 6.15. The Kier molecular flexibility index (Phi) is 8.84. The summed E-state index contributed by atoms with van der Waals surface area (Å²) in [7, 11) is 0. The highest BCUT2D eigenvalue weighted by Gasteiger charge is 2.39. The number of nitrogens with zero attached hydrogens (tertiary/aromatic N) is 1. The van der Waals surface area contributed by atoms with E-state index in [0.717, 1.165) is 36.9 Å². The molecule has 1 N–H and O–H groups in total. The smallest absolute Gasteiger partial charge is 0.0363 e. The Bertz CT molecular complexity index is 764. The van der Waals surface area contributed by atoms with Gasteiger partial charge in [0, 0.05) is 24.2 Å². The predicted molar refractivity (Wildman–Crippen MR) is 136 cm³/mol. The first-order valence-corrected chi connectivity index (χ1v) is 12.7. The fourth-order valence-electron chi connectivity index (χ4n) is 5.58. The first kappa shape index (κ1) is 24.6. The molecule has 0 aromatic heterocycles. The molecule has 0 spiro atoms. The van der Waals surface area contributed by atoms with E-state index in [9.17, 15) is 0 Å². The topological polar surface area (TPSA) is 15.3 Å². The van der Waals surface area contributed by atoms with Gasteiger partial charge in [-0.3, -0.25) is 0 Å². The SMILES string of the molecule is Cc1cccc(CCCN[C@@H](CN2CC[C@H](C3C=CC(Cl)=CC3)C(C)(C)C2)C(C)C)c1. The van der Waals surface area contributed by atoms with Gasteiger partial charge in [-0.05, 0) is 80.5 Å². The van der Waals surface area contributed by atoms with Crippen LogP contribution in [0, 0.1) is 30.1 Å². The highest BCUT2D eigenvalue weighted by molar-refractivity contribution is 6.31. The normalized spacial score (nSPS) is 24.9. The summed E-state index contributed by atoms with van der Waals surface area (Å²) in [6.45, 7) is 16.5. The summed E-state index contributed by atoms with van der Waals surface area (Å²) in [4.78, 5) is 2.71. The van der Waals surface area contributed by atoms with Gasteiger partial charge in [0.05, 0.1) is 0 Å². The Morgan fingerprint density at radius 1 is 1.26 bits per heavy atom. The van der Waals surface area contributed by atoms with Crippen LogP contribution >= 0.6 is 11.6 Å². The second kappa shape index (κ2) is 11.2. The van der Waals surface area contributed by atoms with Crippen LogP contribution in [0.25, 0.3) is 0 Å². The molecule has 1 saturated heterocycles. The fourth-order valence-corrected chi connectivity index (χ4v) is 5.74. The van der Waals surface area contributed by atoms with Crippen LogP contribution in [-0.4, -0.2) is 37.1 Å². The Balaban J connectivity index is 1.47. The monoisotopic (exact) mass is 442 g/mol. The van der Waals surface area contributed by atoms with Crippen LogP contribution in [0.4, 0.5) is 0 Å². The van der Waals surface area contributed by atoms with Gasteiger partial charge < -0.3 is 10.2 Å². The number of rotatable bonds is 9. The van der Waals surface area contributed by atoms with Crippen molar-refractivity contribution in [3.63, 3.8) is 0 Å². The minimum absolute atomic E-state index is 0.331. The minimum atomic E-state index is 0.331. The second-order valence-corrected chi connectivity index (χ2v) is 11.3. The molecule has 1 aliphatic heterocycles. The van der Waals surface area contributed by atoms with Crippen LogP contribution in [0.5, 0.6) is 0 Å². The maximum Gasteiger partial charge on any atom is 0.0363 e. The summed E-state index contributed by atoms with van der Waals surface area (Å²) in [5, 5.41) is 4.79. The van der Waals surface area contributed by atoms with Gasteiger partial charge in [0.2, 0.25) is 0 Å². The third-order valence-corrected chi connectivity index (χ3v) is 7.67. The van der Waals surface area contributed by atoms with Crippen LogP contribution < -0.4 is 5.32 Å². The van der Waals surface area contributed by atoms with Gasteiger partial charge in [0.1, 0.15) is 0 Å². The quantitative estimate of drug-likeness (QED) is 0.434. The van der Waals surface area contributed by atoms with Gasteiger partial charge >= 0.3 is 0 Å². The Labute approximate surface area is 196 Å². The molecule has 2 nitrogen and oxygen atoms in total. The number of aryl methyl sites for hydroxylation is 2. The molecule has 0 amide bonds. The molecule has 2 aliphatic rings. The molecule has 1 heterocycles. The van der Waals surface area contributed by atoms with Crippen molar-refractivity contribution in [3.05, 3.63) is 58.7 Å². The van der Waals surface area contributed by atoms with Crippen molar-refractivity contribution in [1.82, 2.24) is 10.2 Å². The van der Waals surface area contributed by atoms with Crippen molar-refractivity contribution in [2.45, 2.75) is 66.3 Å². The van der Waals surface area contributed by atoms with E-state index in [1.54, 1.807) is 0 Å². The van der Waals surface area contributed by atoms with E-state index >= 15 is 0 Å². The molecule has 3 atom stereocenters.